The van der Waals surface area contributed by atoms with Crippen LogP contribution in [0.15, 0.2) is 91.0 Å². The van der Waals surface area contributed by atoms with Gasteiger partial charge in [-0.3, -0.25) is 57.7 Å². The molecular formula is C74H111N13O13. The van der Waals surface area contributed by atoms with Crippen LogP contribution in [0.5, 0.6) is 0 Å². The molecule has 26 heteroatoms. The van der Waals surface area contributed by atoms with Crippen molar-refractivity contribution >= 4 is 82.2 Å². The number of nitrogens with zero attached hydrogens (tertiary/aromatic N) is 4. The monoisotopic (exact) mass is 1390 g/mol. The van der Waals surface area contributed by atoms with Gasteiger partial charge in [0, 0.05) is 89.5 Å². The van der Waals surface area contributed by atoms with Crippen molar-refractivity contribution in [2.75, 3.05) is 70.9 Å². The summed E-state index contributed by atoms with van der Waals surface area (Å²) in [5, 5.41) is 23.3. The average Bonchev–Trinajstić information content (AvgIpc) is 1.45. The third-order valence-electron chi connectivity index (χ3n) is 18.8. The lowest BCUT2D eigenvalue weighted by Gasteiger charge is -2.41. The molecule has 1 saturated heterocycles. The first-order chi connectivity index (χ1) is 47.5. The number of unbranched alkanes of at least 4 members (excludes halogenated alkanes) is 2. The summed E-state index contributed by atoms with van der Waals surface area (Å²) in [6.45, 7) is 18.2. The second-order valence-corrected chi connectivity index (χ2v) is 27.6. The highest BCUT2D eigenvalue weighted by atomic mass is 16.5. The highest BCUT2D eigenvalue weighted by Crippen LogP contribution is 2.31. The van der Waals surface area contributed by atoms with Gasteiger partial charge in [0.25, 0.3) is 11.8 Å². The molecule has 5 rings (SSSR count). The smallest absolute Gasteiger partial charge is 0.312 e. The number of rotatable bonds is 41. The number of benzene rings is 3. The number of nitrogens with one attached hydrogen (secondary N) is 8. The first kappa shape index (κ1) is 81.9. The molecule has 1 unspecified atom stereocenters. The van der Waals surface area contributed by atoms with Crippen molar-refractivity contribution < 1.29 is 62.2 Å². The number of primary amides is 1. The van der Waals surface area contributed by atoms with E-state index in [-0.39, 0.29) is 97.9 Å². The lowest BCUT2D eigenvalue weighted by atomic mass is 9.89. The number of carbonyl (C=O) groups is 11. The van der Waals surface area contributed by atoms with Crippen molar-refractivity contribution in [2.45, 2.75) is 194 Å². The summed E-state index contributed by atoms with van der Waals surface area (Å²) in [6, 6.07) is 17.5. The van der Waals surface area contributed by atoms with Crippen LogP contribution in [0.1, 0.15) is 138 Å². The molecule has 3 aromatic rings. The van der Waals surface area contributed by atoms with E-state index in [4.69, 9.17) is 15.2 Å². The van der Waals surface area contributed by atoms with Crippen molar-refractivity contribution in [1.82, 2.24) is 46.2 Å². The molecule has 0 aliphatic carbocycles. The van der Waals surface area contributed by atoms with Crippen LogP contribution >= 0.6 is 0 Å². The van der Waals surface area contributed by atoms with E-state index in [0.29, 0.717) is 69.4 Å². The average molecular weight is 1390 g/mol. The zero-order valence-corrected chi connectivity index (χ0v) is 61.0. The molecule has 0 bridgehead atoms. The van der Waals surface area contributed by atoms with Crippen LogP contribution in [0.3, 0.4) is 0 Å². The van der Waals surface area contributed by atoms with E-state index in [1.807, 2.05) is 103 Å². The minimum atomic E-state index is -1.05. The maximum Gasteiger partial charge on any atom is 0.312 e. The van der Waals surface area contributed by atoms with Crippen LogP contribution in [0.2, 0.25) is 0 Å². The molecular weight excluding hydrogens is 1280 g/mol. The largest absolute Gasteiger partial charge is 0.381 e. The van der Waals surface area contributed by atoms with Gasteiger partial charge in [-0.05, 0) is 124 Å². The van der Waals surface area contributed by atoms with E-state index in [1.165, 1.54) is 26.4 Å². The molecule has 26 nitrogen and oxygen atoms in total. The Hall–Kier alpha value is -8.75. The van der Waals surface area contributed by atoms with E-state index >= 15 is 0 Å². The van der Waals surface area contributed by atoms with Gasteiger partial charge in [-0.15, -0.1) is 0 Å². The first-order valence-electron chi connectivity index (χ1n) is 35.1. The normalized spacial score (nSPS) is 16.8. The van der Waals surface area contributed by atoms with Gasteiger partial charge in [-0.1, -0.05) is 118 Å². The maximum absolute atomic E-state index is 14.6. The van der Waals surface area contributed by atoms with E-state index in [1.54, 1.807) is 74.0 Å². The van der Waals surface area contributed by atoms with Crippen molar-refractivity contribution in [1.29, 1.82) is 0 Å². The summed E-state index contributed by atoms with van der Waals surface area (Å²) >= 11 is 0. The number of methoxy groups -OCH3 is 2. The molecule has 1 fully saturated rings. The second kappa shape index (κ2) is 40.5. The van der Waals surface area contributed by atoms with Crippen molar-refractivity contribution in [3.8, 4) is 0 Å². The Kier molecular flexibility index (Phi) is 33.2. The molecule has 0 aromatic heterocycles. The van der Waals surface area contributed by atoms with Gasteiger partial charge in [0.2, 0.25) is 47.3 Å². The van der Waals surface area contributed by atoms with Crippen LogP contribution in [0.4, 0.5) is 21.9 Å². The fourth-order valence-corrected chi connectivity index (χ4v) is 13.0. The van der Waals surface area contributed by atoms with Gasteiger partial charge in [0.05, 0.1) is 42.7 Å². The van der Waals surface area contributed by atoms with Crippen molar-refractivity contribution in [3.63, 3.8) is 0 Å². The molecule has 2 aliphatic rings. The number of nitrogens with two attached hydrogens (primary N) is 1. The molecule has 2 aliphatic heterocycles. The summed E-state index contributed by atoms with van der Waals surface area (Å²) in [5.74, 6) is -5.26. The van der Waals surface area contributed by atoms with Gasteiger partial charge >= 0.3 is 6.03 Å². The Balaban J connectivity index is 1.18. The summed E-state index contributed by atoms with van der Waals surface area (Å²) in [6.07, 6.45) is 5.13. The predicted molar refractivity (Wildman–Crippen MR) is 385 cm³/mol. The Morgan fingerprint density at radius 3 is 1.78 bits per heavy atom. The van der Waals surface area contributed by atoms with Gasteiger partial charge in [-0.2, -0.15) is 0 Å². The number of likely N-dealkylation sites (tertiary alicyclic amines) is 1. The van der Waals surface area contributed by atoms with Crippen LogP contribution in [0.25, 0.3) is 0 Å². The van der Waals surface area contributed by atoms with Gasteiger partial charge in [0.15, 0.2) is 0 Å². The number of hydrogen-bond donors (Lipinski definition) is 9. The lowest BCUT2D eigenvalue weighted by Crippen LogP contribution is -2.59. The number of ether oxygens (including phenoxy) is 2. The molecule has 3 aromatic carbocycles. The molecule has 12 amide bonds. The minimum absolute atomic E-state index is 0.000994. The van der Waals surface area contributed by atoms with E-state index < -0.39 is 90.1 Å². The topological polar surface area (TPSA) is 341 Å². The zero-order chi connectivity index (χ0) is 73.9. The number of likely N-dealkylation sites (N-methyl/N-ethyl adjacent to an activating group) is 2. The number of anilines is 3. The van der Waals surface area contributed by atoms with E-state index in [0.717, 1.165) is 21.7 Å². The molecule has 0 saturated carbocycles. The highest BCUT2D eigenvalue weighted by Gasteiger charge is 2.44. The fourth-order valence-electron chi connectivity index (χ4n) is 13.0. The lowest BCUT2D eigenvalue weighted by molar-refractivity contribution is -0.148. The first-order valence-corrected chi connectivity index (χ1v) is 35.1. The molecule has 0 spiro atoms. The predicted octanol–water partition coefficient (Wildman–Crippen LogP) is 6.11. The number of carbonyl (C=O) groups excluding carboxylic acids is 11. The van der Waals surface area contributed by atoms with Crippen molar-refractivity contribution in [3.05, 3.63) is 102 Å². The Labute approximate surface area is 590 Å². The number of urea groups is 1. The van der Waals surface area contributed by atoms with E-state index in [2.05, 4.69) is 42.5 Å². The molecule has 100 heavy (non-hydrogen) atoms. The molecule has 2 heterocycles. The fraction of sp³-hybridized carbons (Fsp3) is 0.581. The van der Waals surface area contributed by atoms with Crippen LogP contribution in [0, 0.1) is 29.6 Å². The van der Waals surface area contributed by atoms with Gasteiger partial charge < -0.3 is 67.5 Å². The summed E-state index contributed by atoms with van der Waals surface area (Å²) in [5.41, 5.74) is 8.61. The molecule has 550 valence electrons. The third kappa shape index (κ3) is 24.6. The zero-order valence-electron chi connectivity index (χ0n) is 61.0. The summed E-state index contributed by atoms with van der Waals surface area (Å²) in [7, 11) is 8.44. The third-order valence-corrected chi connectivity index (χ3v) is 18.8. The Bertz CT molecular complexity index is 3210. The molecule has 10 N–H and O–H groups in total. The highest BCUT2D eigenvalue weighted by molar-refractivity contribution is 6.12. The molecule has 11 atom stereocenters. The SMILES string of the molecule is CC[C@H](C)[C@@H]([C@@H](CC(=O)N1CCC[C@H]1[C@H](OC)[C@@H](C)C(=O)N[C@@H](Cc1ccccc1)C(=O)Nc1ccc(NCc2ccc(NC(=O)[C@H](CCCNC(N)=O)NC(=O)C(NC(=O)CCCCCN3C(=O)C=CC3=O)C(C)C)cc2)cc1)OC)N(C)C(=O)[C@@H](NC(=O)[C@H](C(C)C)N(C)C)C(C)C. The van der Waals surface area contributed by atoms with E-state index in [9.17, 15) is 52.7 Å². The number of amides is 12. The van der Waals surface area contributed by atoms with Crippen molar-refractivity contribution in [2.24, 2.45) is 35.3 Å². The van der Waals surface area contributed by atoms with Crippen LogP contribution < -0.4 is 48.3 Å². The molecule has 0 radical (unpaired) electrons. The Morgan fingerprint density at radius 1 is 0.630 bits per heavy atom. The van der Waals surface area contributed by atoms with Crippen LogP contribution in [-0.2, 0) is 70.4 Å². The number of hydrogen-bond acceptors (Lipinski definition) is 15. The minimum Gasteiger partial charge on any atom is -0.381 e. The second-order valence-electron chi connectivity index (χ2n) is 27.6. The summed E-state index contributed by atoms with van der Waals surface area (Å²) < 4.78 is 12.2. The Morgan fingerprint density at radius 2 is 1.22 bits per heavy atom. The quantitative estimate of drug-likeness (QED) is 0.0229. The van der Waals surface area contributed by atoms with Gasteiger partial charge in [-0.25, -0.2) is 4.79 Å². The number of imide groups is 1. The van der Waals surface area contributed by atoms with Crippen LogP contribution in [-0.4, -0.2) is 194 Å². The standard InChI is InChI=1S/C74H111N13O13/c1-15-48(8)66(85(12)73(97)64(46(4)5)83-72(96)65(47(6)7)84(10)11)58(99-13)43-62(91)86-41-23-27-57(86)67(100-14)49(9)68(92)81-56(42-50-24-18-16-19-25-50)70(94)79-54-35-33-52(34-36-54)77-44-51-29-31-53(32-30-51)78-69(93)55(26-22-39-76-74(75)98)80-71(95)63(45(2)3)82-59(88)28-20-17-21-40-87-60(89)37-38-61(87)90/h16,18-19,24-25,29-38,45-49,55-58,63-67,77H,15,17,20-23,26-28,39-44H2,1-14H3,(H,78,93)(H,79,94)(H,80,95)(H,81,92)(H,82,88)(H,83,96)(H3,75,76,98)/t48-,49+,55-,56-,57-,58+,63?,64-,65-,66-,67+/m0/s1. The summed E-state index contributed by atoms with van der Waals surface area (Å²) in [4.78, 5) is 154. The maximum atomic E-state index is 14.6. The van der Waals surface area contributed by atoms with Gasteiger partial charge in [0.1, 0.15) is 24.2 Å².